The van der Waals surface area contributed by atoms with Gasteiger partial charge in [-0.3, -0.25) is 9.69 Å². The minimum Gasteiger partial charge on any atom is -0.493 e. The summed E-state index contributed by atoms with van der Waals surface area (Å²) in [6.07, 6.45) is 2.65. The standard InChI is InChI=1S/C36H41FN6O5S/c1-3-17-40-20-22-41(23-21-40)28-15-18-42(19-16-28)35(45)39-36(30-7-5-6-8-33(30)48-4-2)31-24-26(25-38)9-14-32(31)43(34(36)44)49(46,47)29-12-10-27(37)11-13-29/h5-14,24,28H,3-4,15-23H2,1-2H3,(H,39,45). The van der Waals surface area contributed by atoms with Gasteiger partial charge < -0.3 is 19.9 Å². The number of amides is 3. The summed E-state index contributed by atoms with van der Waals surface area (Å²) >= 11 is 0. The van der Waals surface area contributed by atoms with Gasteiger partial charge in [0.1, 0.15) is 11.6 Å². The van der Waals surface area contributed by atoms with Crippen molar-refractivity contribution < 1.29 is 27.1 Å². The van der Waals surface area contributed by atoms with Crippen LogP contribution in [0.5, 0.6) is 5.75 Å². The van der Waals surface area contributed by atoms with E-state index in [0.29, 0.717) is 23.4 Å². The number of nitrogens with zero attached hydrogens (tertiary/aromatic N) is 5. The van der Waals surface area contributed by atoms with Gasteiger partial charge >= 0.3 is 6.03 Å². The normalized spacial score (nSPS) is 20.6. The van der Waals surface area contributed by atoms with Gasteiger partial charge in [-0.25, -0.2) is 17.6 Å². The Morgan fingerprint density at radius 3 is 2.33 bits per heavy atom. The van der Waals surface area contributed by atoms with Crippen LogP contribution >= 0.6 is 0 Å². The summed E-state index contributed by atoms with van der Waals surface area (Å²) in [5, 5.41) is 12.8. The average molecular weight is 689 g/mol. The first-order valence-corrected chi connectivity index (χ1v) is 18.2. The number of hydrogen-bond donors (Lipinski definition) is 1. The Labute approximate surface area is 286 Å². The Morgan fingerprint density at radius 1 is 0.980 bits per heavy atom. The SMILES string of the molecule is CCCN1CCN(C2CCN(C(=O)NC3(c4ccccc4OCC)C(=O)N(S(=O)(=O)c4ccc(F)cc4)c4ccc(C#N)cc43)CC2)CC1. The molecule has 1 atom stereocenters. The predicted octanol–water partition coefficient (Wildman–Crippen LogP) is 4.28. The first kappa shape index (κ1) is 34.4. The van der Waals surface area contributed by atoms with Crippen molar-refractivity contribution in [1.82, 2.24) is 20.0 Å². The maximum Gasteiger partial charge on any atom is 0.318 e. The van der Waals surface area contributed by atoms with Crippen molar-refractivity contribution in [2.45, 2.75) is 49.6 Å². The smallest absolute Gasteiger partial charge is 0.318 e. The van der Waals surface area contributed by atoms with Crippen LogP contribution in [0, 0.1) is 17.1 Å². The Balaban J connectivity index is 1.38. The van der Waals surface area contributed by atoms with E-state index in [4.69, 9.17) is 4.74 Å². The molecule has 258 valence electrons. The van der Waals surface area contributed by atoms with Crippen molar-refractivity contribution >= 4 is 27.6 Å². The molecule has 3 amide bonds. The number of sulfonamides is 1. The number of likely N-dealkylation sites (tertiary alicyclic amines) is 1. The lowest BCUT2D eigenvalue weighted by Crippen LogP contribution is -2.59. The van der Waals surface area contributed by atoms with Crippen molar-refractivity contribution in [1.29, 1.82) is 5.26 Å². The molecule has 13 heteroatoms. The van der Waals surface area contributed by atoms with E-state index in [2.05, 4.69) is 28.1 Å². The Bertz CT molecular complexity index is 1850. The largest absolute Gasteiger partial charge is 0.493 e. The van der Waals surface area contributed by atoms with Crippen molar-refractivity contribution in [2.75, 3.05) is 56.7 Å². The fourth-order valence-corrected chi connectivity index (χ4v) is 8.72. The van der Waals surface area contributed by atoms with E-state index in [-0.39, 0.29) is 39.6 Å². The monoisotopic (exact) mass is 688 g/mol. The van der Waals surface area contributed by atoms with E-state index < -0.39 is 33.3 Å². The maximum atomic E-state index is 15.0. The Hall–Kier alpha value is -4.51. The number of nitrogens with one attached hydrogen (secondary N) is 1. The first-order chi connectivity index (χ1) is 23.6. The van der Waals surface area contributed by atoms with Crippen molar-refractivity contribution in [2.24, 2.45) is 0 Å². The molecule has 0 radical (unpaired) electrons. The van der Waals surface area contributed by atoms with Crippen LogP contribution in [-0.2, 0) is 20.4 Å². The molecule has 0 aliphatic carbocycles. The van der Waals surface area contributed by atoms with Gasteiger partial charge in [0, 0.05) is 56.4 Å². The number of hydrogen-bond acceptors (Lipinski definition) is 8. The lowest BCUT2D eigenvalue weighted by Gasteiger charge is -2.43. The van der Waals surface area contributed by atoms with E-state index in [0.717, 1.165) is 76.3 Å². The van der Waals surface area contributed by atoms with Gasteiger partial charge in [0.05, 0.1) is 28.8 Å². The van der Waals surface area contributed by atoms with E-state index in [1.807, 2.05) is 0 Å². The molecule has 3 aromatic carbocycles. The predicted molar refractivity (Wildman–Crippen MR) is 182 cm³/mol. The molecule has 0 saturated carbocycles. The molecular formula is C36H41FN6O5S. The molecule has 49 heavy (non-hydrogen) atoms. The lowest BCUT2D eigenvalue weighted by atomic mass is 9.82. The average Bonchev–Trinajstić information content (AvgIpc) is 3.36. The second kappa shape index (κ2) is 14.2. The van der Waals surface area contributed by atoms with Gasteiger partial charge in [0.25, 0.3) is 15.9 Å². The molecule has 3 aromatic rings. The van der Waals surface area contributed by atoms with Crippen molar-refractivity contribution in [3.8, 4) is 11.8 Å². The molecule has 1 N–H and O–H groups in total. The Morgan fingerprint density at radius 2 is 1.67 bits per heavy atom. The molecule has 1 unspecified atom stereocenters. The van der Waals surface area contributed by atoms with Crippen LogP contribution in [0.3, 0.4) is 0 Å². The molecule has 6 rings (SSSR count). The molecule has 3 aliphatic rings. The summed E-state index contributed by atoms with van der Waals surface area (Å²) < 4.78 is 48.8. The van der Waals surface area contributed by atoms with Gasteiger partial charge in [-0.05, 0) is 81.3 Å². The number of carbonyl (C=O) groups excluding carboxylic acids is 2. The van der Waals surface area contributed by atoms with Gasteiger partial charge in [-0.1, -0.05) is 25.1 Å². The van der Waals surface area contributed by atoms with Gasteiger partial charge in [0.15, 0.2) is 5.54 Å². The minimum absolute atomic E-state index is 0.0270. The molecule has 0 spiro atoms. The quantitative estimate of drug-likeness (QED) is 0.353. The summed E-state index contributed by atoms with van der Waals surface area (Å²) in [6.45, 7) is 10.2. The van der Waals surface area contributed by atoms with Crippen LogP contribution in [0.2, 0.25) is 0 Å². The second-order valence-corrected chi connectivity index (χ2v) is 14.4. The van der Waals surface area contributed by atoms with Crippen LogP contribution in [0.4, 0.5) is 14.9 Å². The van der Waals surface area contributed by atoms with Crippen molar-refractivity contribution in [3.05, 3.63) is 89.2 Å². The topological polar surface area (TPSA) is 126 Å². The second-order valence-electron chi connectivity index (χ2n) is 12.6. The third kappa shape index (κ3) is 6.36. The number of para-hydroxylation sites is 1. The zero-order valence-electron chi connectivity index (χ0n) is 27.8. The number of benzene rings is 3. The molecule has 11 nitrogen and oxygen atoms in total. The molecule has 0 aromatic heterocycles. The highest BCUT2D eigenvalue weighted by atomic mass is 32.2. The molecule has 0 bridgehead atoms. The van der Waals surface area contributed by atoms with E-state index in [9.17, 15) is 27.7 Å². The van der Waals surface area contributed by atoms with E-state index >= 15 is 0 Å². The Kier molecular flexibility index (Phi) is 9.92. The summed E-state index contributed by atoms with van der Waals surface area (Å²) in [5.74, 6) is -1.34. The molecular weight excluding hydrogens is 647 g/mol. The zero-order valence-corrected chi connectivity index (χ0v) is 28.6. The number of anilines is 1. The summed E-state index contributed by atoms with van der Waals surface area (Å²) in [4.78, 5) is 35.6. The molecule has 3 aliphatic heterocycles. The fourth-order valence-electron chi connectivity index (χ4n) is 7.26. The van der Waals surface area contributed by atoms with Crippen molar-refractivity contribution in [3.63, 3.8) is 0 Å². The highest BCUT2D eigenvalue weighted by Crippen LogP contribution is 2.49. The molecule has 3 heterocycles. The number of urea groups is 1. The number of halogens is 1. The summed E-state index contributed by atoms with van der Waals surface area (Å²) in [5.41, 5.74) is -1.60. The highest BCUT2D eigenvalue weighted by Gasteiger charge is 2.58. The summed E-state index contributed by atoms with van der Waals surface area (Å²) in [6, 6.07) is 16.9. The van der Waals surface area contributed by atoms with Crippen LogP contribution in [0.1, 0.15) is 49.8 Å². The van der Waals surface area contributed by atoms with Gasteiger partial charge in [-0.15, -0.1) is 0 Å². The number of nitriles is 1. The van der Waals surface area contributed by atoms with Gasteiger partial charge in [-0.2, -0.15) is 9.57 Å². The van der Waals surface area contributed by atoms with Gasteiger partial charge in [0.2, 0.25) is 0 Å². The lowest BCUT2D eigenvalue weighted by molar-refractivity contribution is -0.121. The van der Waals surface area contributed by atoms with Crippen LogP contribution < -0.4 is 14.4 Å². The first-order valence-electron chi connectivity index (χ1n) is 16.8. The van der Waals surface area contributed by atoms with Crippen LogP contribution in [0.25, 0.3) is 0 Å². The third-order valence-corrected chi connectivity index (χ3v) is 11.4. The summed E-state index contributed by atoms with van der Waals surface area (Å²) in [7, 11) is -4.61. The van der Waals surface area contributed by atoms with E-state index in [1.54, 1.807) is 36.1 Å². The fraction of sp³-hybridized carbons (Fsp3) is 0.417. The number of carbonyl (C=O) groups is 2. The number of fused-ring (bicyclic) bond motifs is 1. The zero-order chi connectivity index (χ0) is 34.8. The highest BCUT2D eigenvalue weighted by molar-refractivity contribution is 7.93. The third-order valence-electron chi connectivity index (χ3n) is 9.71. The number of ether oxygens (including phenoxy) is 1. The molecule has 2 saturated heterocycles. The maximum absolute atomic E-state index is 15.0. The number of piperazine rings is 1. The van der Waals surface area contributed by atoms with E-state index in [1.165, 1.54) is 18.2 Å². The number of piperidine rings is 1. The van der Waals surface area contributed by atoms with Crippen LogP contribution in [-0.4, -0.2) is 93.5 Å². The van der Waals surface area contributed by atoms with Crippen LogP contribution in [0.15, 0.2) is 71.6 Å². The number of rotatable bonds is 9. The minimum atomic E-state index is -4.61. The molecule has 2 fully saturated rings.